The van der Waals surface area contributed by atoms with Gasteiger partial charge in [-0.05, 0) is 49.5 Å². The molecule has 5 heteroatoms. The molecule has 0 bridgehead atoms. The topological polar surface area (TPSA) is 44.5 Å². The number of nitrogens with one attached hydrogen (secondary N) is 1. The van der Waals surface area contributed by atoms with Gasteiger partial charge in [-0.25, -0.2) is 0 Å². The van der Waals surface area contributed by atoms with Gasteiger partial charge in [0, 0.05) is 11.3 Å². The van der Waals surface area contributed by atoms with Crippen molar-refractivity contribution in [2.45, 2.75) is 38.0 Å². The standard InChI is InChI=1S/C15H19N3S2/c1-4-15(5-2,20-3)10-18-13-8-11(9-16)6-7-12(13)17-14(18)19/h6-8H,4-5,10H2,1-3H3,(H,17,19). The lowest BCUT2D eigenvalue weighted by Gasteiger charge is -2.30. The second kappa shape index (κ2) is 6.02. The van der Waals surface area contributed by atoms with Crippen LogP contribution in [0.2, 0.25) is 0 Å². The molecule has 3 nitrogen and oxygen atoms in total. The van der Waals surface area contributed by atoms with Crippen LogP contribution >= 0.6 is 24.0 Å². The van der Waals surface area contributed by atoms with Gasteiger partial charge < -0.3 is 9.55 Å². The fourth-order valence-electron chi connectivity index (χ4n) is 2.49. The highest BCUT2D eigenvalue weighted by Gasteiger charge is 2.26. The number of hydrogen-bond donors (Lipinski definition) is 1. The number of aromatic amines is 1. The highest BCUT2D eigenvalue weighted by atomic mass is 32.2. The van der Waals surface area contributed by atoms with Crippen LogP contribution in [0.15, 0.2) is 18.2 Å². The second-order valence-electron chi connectivity index (χ2n) is 4.95. The van der Waals surface area contributed by atoms with Crippen molar-refractivity contribution in [3.63, 3.8) is 0 Å². The number of thioether (sulfide) groups is 1. The van der Waals surface area contributed by atoms with E-state index in [1.165, 1.54) is 0 Å². The normalized spacial score (nSPS) is 11.7. The van der Waals surface area contributed by atoms with Gasteiger partial charge >= 0.3 is 0 Å². The third-order valence-electron chi connectivity index (χ3n) is 4.07. The summed E-state index contributed by atoms with van der Waals surface area (Å²) >= 11 is 7.36. The van der Waals surface area contributed by atoms with Crippen LogP contribution in [0, 0.1) is 16.1 Å². The molecule has 1 N–H and O–H groups in total. The number of aromatic nitrogens is 2. The Bertz CT molecular complexity index is 694. The Hall–Kier alpha value is -1.25. The van der Waals surface area contributed by atoms with Gasteiger partial charge in [0.15, 0.2) is 4.77 Å². The number of fused-ring (bicyclic) bond motifs is 1. The van der Waals surface area contributed by atoms with Crippen LogP contribution in [0.25, 0.3) is 11.0 Å². The maximum absolute atomic E-state index is 9.07. The van der Waals surface area contributed by atoms with Crippen molar-refractivity contribution >= 4 is 35.0 Å². The zero-order chi connectivity index (χ0) is 14.8. The molecule has 0 saturated carbocycles. The molecule has 2 aromatic rings. The van der Waals surface area contributed by atoms with Gasteiger partial charge in [0.2, 0.25) is 0 Å². The smallest absolute Gasteiger partial charge is 0.178 e. The van der Waals surface area contributed by atoms with E-state index < -0.39 is 0 Å². The summed E-state index contributed by atoms with van der Waals surface area (Å²) in [5.74, 6) is 0. The van der Waals surface area contributed by atoms with Crippen LogP contribution in [0.5, 0.6) is 0 Å². The molecule has 0 aliphatic carbocycles. The van der Waals surface area contributed by atoms with Gasteiger partial charge in [0.05, 0.1) is 22.7 Å². The minimum atomic E-state index is 0.190. The third-order valence-corrected chi connectivity index (χ3v) is 5.97. The molecule has 0 fully saturated rings. The Morgan fingerprint density at radius 3 is 2.65 bits per heavy atom. The summed E-state index contributed by atoms with van der Waals surface area (Å²) in [5, 5.41) is 9.07. The van der Waals surface area contributed by atoms with Crippen molar-refractivity contribution in [1.82, 2.24) is 9.55 Å². The van der Waals surface area contributed by atoms with E-state index in [9.17, 15) is 0 Å². The van der Waals surface area contributed by atoms with E-state index in [2.05, 4.69) is 35.7 Å². The van der Waals surface area contributed by atoms with Gasteiger partial charge in [-0.15, -0.1) is 0 Å². The lowest BCUT2D eigenvalue weighted by atomic mass is 10.0. The molecule has 2 rings (SSSR count). The Morgan fingerprint density at radius 1 is 1.40 bits per heavy atom. The average Bonchev–Trinajstić information content (AvgIpc) is 2.79. The molecule has 0 saturated heterocycles. The van der Waals surface area contributed by atoms with E-state index in [4.69, 9.17) is 17.5 Å². The molecular weight excluding hydrogens is 286 g/mol. The summed E-state index contributed by atoms with van der Waals surface area (Å²) in [6.45, 7) is 5.31. The number of H-pyrrole nitrogens is 1. The van der Waals surface area contributed by atoms with Gasteiger partial charge in [0.25, 0.3) is 0 Å². The predicted octanol–water partition coefficient (Wildman–Crippen LogP) is 4.49. The lowest BCUT2D eigenvalue weighted by molar-refractivity contribution is 0.470. The second-order valence-corrected chi connectivity index (χ2v) is 6.62. The molecule has 106 valence electrons. The summed E-state index contributed by atoms with van der Waals surface area (Å²) in [6.07, 6.45) is 4.35. The largest absolute Gasteiger partial charge is 0.331 e. The average molecular weight is 305 g/mol. The lowest BCUT2D eigenvalue weighted by Crippen LogP contribution is -2.29. The van der Waals surface area contributed by atoms with E-state index in [0.717, 1.165) is 35.2 Å². The minimum absolute atomic E-state index is 0.190. The Morgan fingerprint density at radius 2 is 2.10 bits per heavy atom. The molecule has 0 unspecified atom stereocenters. The first-order valence-electron chi connectivity index (χ1n) is 6.77. The van der Waals surface area contributed by atoms with E-state index in [-0.39, 0.29) is 4.75 Å². The Balaban J connectivity index is 2.56. The molecule has 0 atom stereocenters. The first-order valence-corrected chi connectivity index (χ1v) is 8.40. The number of imidazole rings is 1. The van der Waals surface area contributed by atoms with Crippen LogP contribution in [0.1, 0.15) is 32.3 Å². The van der Waals surface area contributed by atoms with Crippen molar-refractivity contribution in [1.29, 1.82) is 5.26 Å². The molecule has 0 aliphatic heterocycles. The van der Waals surface area contributed by atoms with Crippen LogP contribution in [0.4, 0.5) is 0 Å². The first kappa shape index (κ1) is 15.1. The summed E-state index contributed by atoms with van der Waals surface area (Å²) in [7, 11) is 0. The molecule has 1 aromatic heterocycles. The van der Waals surface area contributed by atoms with Gasteiger partial charge in [0.1, 0.15) is 0 Å². The summed E-state index contributed by atoms with van der Waals surface area (Å²) in [6, 6.07) is 7.86. The summed E-state index contributed by atoms with van der Waals surface area (Å²) < 4.78 is 3.06. The summed E-state index contributed by atoms with van der Waals surface area (Å²) in [5.41, 5.74) is 2.69. The van der Waals surface area contributed by atoms with Gasteiger partial charge in [-0.2, -0.15) is 17.0 Å². The van der Waals surface area contributed by atoms with Crippen LogP contribution < -0.4 is 0 Å². The van der Waals surface area contributed by atoms with E-state index >= 15 is 0 Å². The molecule has 0 radical (unpaired) electrons. The van der Waals surface area contributed by atoms with E-state index in [1.807, 2.05) is 30.0 Å². The van der Waals surface area contributed by atoms with E-state index in [0.29, 0.717) is 5.56 Å². The molecule has 0 amide bonds. The van der Waals surface area contributed by atoms with E-state index in [1.54, 1.807) is 0 Å². The molecule has 0 spiro atoms. The molecule has 0 aliphatic rings. The number of nitriles is 1. The zero-order valence-corrected chi connectivity index (χ0v) is 13.7. The molecule has 20 heavy (non-hydrogen) atoms. The Labute approximate surface area is 129 Å². The monoisotopic (exact) mass is 305 g/mol. The number of hydrogen-bond acceptors (Lipinski definition) is 3. The van der Waals surface area contributed by atoms with Crippen molar-refractivity contribution < 1.29 is 0 Å². The third kappa shape index (κ3) is 2.63. The number of benzene rings is 1. The minimum Gasteiger partial charge on any atom is -0.331 e. The van der Waals surface area contributed by atoms with Crippen molar-refractivity contribution in [2.24, 2.45) is 0 Å². The van der Waals surface area contributed by atoms with Gasteiger partial charge in [-0.3, -0.25) is 0 Å². The maximum atomic E-state index is 9.07. The van der Waals surface area contributed by atoms with Crippen molar-refractivity contribution in [2.75, 3.05) is 6.26 Å². The Kier molecular flexibility index (Phi) is 4.56. The number of nitrogens with zero attached hydrogens (tertiary/aromatic N) is 2. The molecule has 1 aromatic carbocycles. The maximum Gasteiger partial charge on any atom is 0.178 e. The fraction of sp³-hybridized carbons (Fsp3) is 0.467. The predicted molar refractivity (Wildman–Crippen MR) is 88.7 cm³/mol. The summed E-state index contributed by atoms with van der Waals surface area (Å²) in [4.78, 5) is 3.23. The first-order chi connectivity index (χ1) is 9.59. The van der Waals surface area contributed by atoms with Gasteiger partial charge in [-0.1, -0.05) is 13.8 Å². The fourth-order valence-corrected chi connectivity index (χ4v) is 3.60. The molecular formula is C15H19N3S2. The zero-order valence-electron chi connectivity index (χ0n) is 12.1. The van der Waals surface area contributed by atoms with Crippen LogP contribution in [-0.2, 0) is 6.54 Å². The molecule has 1 heterocycles. The van der Waals surface area contributed by atoms with Crippen molar-refractivity contribution in [3.05, 3.63) is 28.5 Å². The SMILES string of the molecule is CCC(CC)(Cn1c(=S)[nH]c2ccc(C#N)cc21)SC. The quantitative estimate of drug-likeness (QED) is 0.828. The van der Waals surface area contributed by atoms with Crippen molar-refractivity contribution in [3.8, 4) is 6.07 Å². The number of rotatable bonds is 5. The van der Waals surface area contributed by atoms with Crippen LogP contribution in [-0.4, -0.2) is 20.6 Å². The van der Waals surface area contributed by atoms with Crippen LogP contribution in [0.3, 0.4) is 0 Å². The highest BCUT2D eigenvalue weighted by molar-refractivity contribution is 8.00. The highest BCUT2D eigenvalue weighted by Crippen LogP contribution is 2.33.